The molecule has 0 bridgehead atoms. The summed E-state index contributed by atoms with van der Waals surface area (Å²) in [7, 11) is 0.428. The third kappa shape index (κ3) is 4.71. The molecule has 0 saturated carbocycles. The minimum Gasteiger partial charge on any atom is -0.253 e. The van der Waals surface area contributed by atoms with Crippen molar-refractivity contribution in [1.82, 2.24) is 4.31 Å². The minimum atomic E-state index is -3.47. The fraction of sp³-hybridized carbons (Fsp3) is 0.294. The highest BCUT2D eigenvalue weighted by Crippen LogP contribution is 2.32. The summed E-state index contributed by atoms with van der Waals surface area (Å²) < 4.78 is 27.4. The van der Waals surface area contributed by atoms with Crippen LogP contribution in [0, 0.1) is 0 Å². The highest BCUT2D eigenvalue weighted by atomic mass is 127. The molecule has 0 heterocycles. The van der Waals surface area contributed by atoms with Crippen LogP contribution < -0.4 is 0 Å². The Morgan fingerprint density at radius 3 is 1.74 bits per heavy atom. The van der Waals surface area contributed by atoms with E-state index < -0.39 is 9.84 Å². The molecule has 3 nitrogen and oxygen atoms in total. The normalized spacial score (nSPS) is 12.6. The molecule has 0 saturated heterocycles. The van der Waals surface area contributed by atoms with Crippen LogP contribution in [0.3, 0.4) is 0 Å². The van der Waals surface area contributed by atoms with Gasteiger partial charge in [0.1, 0.15) is 0 Å². The molecular formula is C17H20INO2S2. The maximum atomic E-state index is 12.7. The molecule has 2 rings (SSSR count). The Morgan fingerprint density at radius 2 is 1.35 bits per heavy atom. The highest BCUT2D eigenvalue weighted by Gasteiger charge is 2.20. The van der Waals surface area contributed by atoms with Crippen LogP contribution in [0.5, 0.6) is 0 Å². The van der Waals surface area contributed by atoms with Gasteiger partial charge in [-0.2, -0.15) is 0 Å². The second kappa shape index (κ2) is 7.13. The average Bonchev–Trinajstić information content (AvgIpc) is 2.46. The smallest absolute Gasteiger partial charge is 0.206 e. The van der Waals surface area contributed by atoms with Crippen molar-refractivity contribution in [2.75, 3.05) is 14.1 Å². The van der Waals surface area contributed by atoms with Crippen molar-refractivity contribution in [3.8, 4) is 0 Å². The van der Waals surface area contributed by atoms with Crippen molar-refractivity contribution in [2.24, 2.45) is 0 Å². The summed E-state index contributed by atoms with van der Waals surface area (Å²) in [5.74, 6) is 0. The van der Waals surface area contributed by atoms with Crippen molar-refractivity contribution in [1.29, 1.82) is 0 Å². The molecule has 0 aromatic heterocycles. The molecule has 2 aromatic rings. The van der Waals surface area contributed by atoms with Gasteiger partial charge in [0.15, 0.2) is 0 Å². The van der Waals surface area contributed by atoms with Gasteiger partial charge in [-0.15, -0.1) is 0 Å². The summed E-state index contributed by atoms with van der Waals surface area (Å²) in [5.41, 5.74) is 1.11. The Balaban J connectivity index is 2.31. The molecule has 23 heavy (non-hydrogen) atoms. The molecule has 0 atom stereocenters. The third-order valence-corrected chi connectivity index (χ3v) is 6.53. The predicted octanol–water partition coefficient (Wildman–Crippen LogP) is 4.76. The molecule has 0 fully saturated rings. The summed E-state index contributed by atoms with van der Waals surface area (Å²) >= 11 is 3.90. The van der Waals surface area contributed by atoms with Crippen molar-refractivity contribution in [3.05, 3.63) is 54.1 Å². The van der Waals surface area contributed by atoms with Gasteiger partial charge in [0.2, 0.25) is 9.84 Å². The molecule has 0 N–H and O–H groups in total. The fourth-order valence-electron chi connectivity index (χ4n) is 2.06. The summed E-state index contributed by atoms with van der Waals surface area (Å²) in [5, 5.41) is 0. The Morgan fingerprint density at radius 1 is 0.913 bits per heavy atom. The van der Waals surface area contributed by atoms with E-state index in [1.807, 2.05) is 42.7 Å². The standard InChI is InChI=1S/C17H20INO2S2/c1-17(2,18)13-5-9-15(10-6-13)23(20,21)16-11-7-14(8-12-16)22-19(3)4/h5-12H,1-4H3. The quantitative estimate of drug-likeness (QED) is 0.366. The molecule has 0 unspecified atom stereocenters. The van der Waals surface area contributed by atoms with Crippen molar-refractivity contribution < 1.29 is 8.42 Å². The average molecular weight is 461 g/mol. The van der Waals surface area contributed by atoms with Gasteiger partial charge < -0.3 is 0 Å². The zero-order valence-electron chi connectivity index (χ0n) is 13.6. The maximum absolute atomic E-state index is 12.7. The largest absolute Gasteiger partial charge is 0.253 e. The van der Waals surface area contributed by atoms with E-state index in [0.29, 0.717) is 9.79 Å². The van der Waals surface area contributed by atoms with E-state index in [1.54, 1.807) is 36.2 Å². The number of hydrogen-bond acceptors (Lipinski definition) is 4. The van der Waals surface area contributed by atoms with Crippen molar-refractivity contribution in [2.45, 2.75) is 32.0 Å². The second-order valence-corrected chi connectivity index (χ2v) is 11.9. The van der Waals surface area contributed by atoms with E-state index in [1.165, 1.54) is 0 Å². The van der Waals surface area contributed by atoms with Gasteiger partial charge in [-0.3, -0.25) is 4.31 Å². The van der Waals surface area contributed by atoms with Gasteiger partial charge in [-0.05, 0) is 81.9 Å². The van der Waals surface area contributed by atoms with Gasteiger partial charge in [0.25, 0.3) is 0 Å². The number of sulfone groups is 1. The molecular weight excluding hydrogens is 441 g/mol. The first-order valence-electron chi connectivity index (χ1n) is 7.10. The maximum Gasteiger partial charge on any atom is 0.206 e. The van der Waals surface area contributed by atoms with Gasteiger partial charge in [-0.25, -0.2) is 8.42 Å². The van der Waals surface area contributed by atoms with Gasteiger partial charge in [-0.1, -0.05) is 34.7 Å². The zero-order chi connectivity index (χ0) is 17.3. The Kier molecular flexibility index (Phi) is 5.81. The lowest BCUT2D eigenvalue weighted by Crippen LogP contribution is -2.07. The number of rotatable bonds is 5. The Bertz CT molecular complexity index is 762. The summed E-state index contributed by atoms with van der Waals surface area (Å²) in [6, 6.07) is 14.1. The van der Waals surface area contributed by atoms with Crippen LogP contribution in [0.15, 0.2) is 63.2 Å². The van der Waals surface area contributed by atoms with Crippen molar-refractivity contribution in [3.63, 3.8) is 0 Å². The molecule has 0 spiro atoms. The number of hydrogen-bond donors (Lipinski definition) is 0. The Hall–Kier alpha value is -0.570. The van der Waals surface area contributed by atoms with E-state index in [2.05, 4.69) is 36.4 Å². The topological polar surface area (TPSA) is 37.4 Å². The van der Waals surface area contributed by atoms with Crippen LogP contribution in [0.2, 0.25) is 0 Å². The van der Waals surface area contributed by atoms with Crippen LogP contribution in [-0.4, -0.2) is 26.8 Å². The molecule has 0 aliphatic heterocycles. The van der Waals surface area contributed by atoms with E-state index in [9.17, 15) is 8.42 Å². The molecule has 0 radical (unpaired) electrons. The highest BCUT2D eigenvalue weighted by molar-refractivity contribution is 14.1. The monoisotopic (exact) mass is 461 g/mol. The minimum absolute atomic E-state index is 0.0227. The van der Waals surface area contributed by atoms with E-state index in [4.69, 9.17) is 0 Å². The van der Waals surface area contributed by atoms with E-state index in [-0.39, 0.29) is 3.42 Å². The number of benzene rings is 2. The number of halogens is 1. The fourth-order valence-corrected chi connectivity index (χ4v) is 4.36. The van der Waals surface area contributed by atoms with Crippen LogP contribution in [0.1, 0.15) is 19.4 Å². The Labute approximate surface area is 156 Å². The molecule has 0 amide bonds. The summed E-state index contributed by atoms with van der Waals surface area (Å²) in [6.45, 7) is 4.19. The number of nitrogens with zero attached hydrogens (tertiary/aromatic N) is 1. The third-order valence-electron chi connectivity index (χ3n) is 3.27. The first-order chi connectivity index (χ1) is 10.6. The predicted molar refractivity (Wildman–Crippen MR) is 105 cm³/mol. The molecule has 124 valence electrons. The SMILES string of the molecule is CN(C)Sc1ccc(S(=O)(=O)c2ccc(C(C)(C)I)cc2)cc1. The summed E-state index contributed by atoms with van der Waals surface area (Å²) in [4.78, 5) is 1.66. The van der Waals surface area contributed by atoms with Crippen LogP contribution in [0.25, 0.3) is 0 Å². The zero-order valence-corrected chi connectivity index (χ0v) is 17.4. The van der Waals surface area contributed by atoms with Gasteiger partial charge >= 0.3 is 0 Å². The van der Waals surface area contributed by atoms with E-state index in [0.717, 1.165) is 10.5 Å². The molecule has 2 aromatic carbocycles. The lowest BCUT2D eigenvalue weighted by Gasteiger charge is -2.17. The number of alkyl halides is 1. The lowest BCUT2D eigenvalue weighted by molar-refractivity contribution is 0.596. The van der Waals surface area contributed by atoms with Gasteiger partial charge in [0.05, 0.1) is 9.79 Å². The first kappa shape index (κ1) is 18.8. The van der Waals surface area contributed by atoms with Crippen molar-refractivity contribution >= 4 is 44.4 Å². The van der Waals surface area contributed by atoms with E-state index >= 15 is 0 Å². The van der Waals surface area contributed by atoms with Gasteiger partial charge in [0, 0.05) is 8.32 Å². The lowest BCUT2D eigenvalue weighted by atomic mass is 10.0. The molecule has 0 aliphatic carbocycles. The van der Waals surface area contributed by atoms with Crippen LogP contribution >= 0.6 is 34.5 Å². The summed E-state index contributed by atoms with van der Waals surface area (Å²) in [6.07, 6.45) is 0. The van der Waals surface area contributed by atoms with Crippen LogP contribution in [-0.2, 0) is 13.3 Å². The first-order valence-corrected chi connectivity index (χ1v) is 10.4. The molecule has 0 aliphatic rings. The second-order valence-electron chi connectivity index (χ2n) is 5.88. The molecule has 6 heteroatoms. The van der Waals surface area contributed by atoms with Crippen LogP contribution in [0.4, 0.5) is 0 Å².